The molecule has 1 aliphatic heterocycles. The Morgan fingerprint density at radius 1 is 1.00 bits per heavy atom. The van der Waals surface area contributed by atoms with Crippen molar-refractivity contribution in [3.8, 4) is 5.69 Å². The molecule has 0 amide bonds. The van der Waals surface area contributed by atoms with E-state index in [1.165, 1.54) is 0 Å². The van der Waals surface area contributed by atoms with Crippen LogP contribution in [0.25, 0.3) is 16.7 Å². The van der Waals surface area contributed by atoms with Crippen LogP contribution in [0.15, 0.2) is 53.3 Å². The number of morpholine rings is 1. The van der Waals surface area contributed by atoms with E-state index < -0.39 is 0 Å². The van der Waals surface area contributed by atoms with E-state index >= 15 is 0 Å². The lowest BCUT2D eigenvalue weighted by atomic mass is 10.2. The molecule has 24 heavy (non-hydrogen) atoms. The Labute approximate surface area is 144 Å². The summed E-state index contributed by atoms with van der Waals surface area (Å²) in [6.07, 6.45) is 0. The maximum Gasteiger partial charge on any atom is 0.298 e. The zero-order valence-electron chi connectivity index (χ0n) is 13.0. The van der Waals surface area contributed by atoms with E-state index in [1.54, 1.807) is 16.7 Å². The lowest BCUT2D eigenvalue weighted by Gasteiger charge is -2.28. The first-order chi connectivity index (χ1) is 11.7. The predicted molar refractivity (Wildman–Crippen MR) is 95.4 cm³/mol. The van der Waals surface area contributed by atoms with Crippen molar-refractivity contribution >= 4 is 28.5 Å². The molecule has 0 atom stereocenters. The number of halogens is 1. The fourth-order valence-corrected chi connectivity index (χ4v) is 3.07. The van der Waals surface area contributed by atoms with E-state index in [2.05, 4.69) is 4.98 Å². The highest BCUT2D eigenvalue weighted by Gasteiger charge is 2.19. The number of para-hydroxylation sites is 2. The van der Waals surface area contributed by atoms with Crippen LogP contribution < -0.4 is 10.5 Å². The number of fused-ring (bicyclic) bond motifs is 1. The molecule has 3 aromatic rings. The second-order valence-corrected chi connectivity index (χ2v) is 6.08. The Morgan fingerprint density at radius 3 is 2.46 bits per heavy atom. The van der Waals surface area contributed by atoms with E-state index in [-0.39, 0.29) is 5.56 Å². The summed E-state index contributed by atoms with van der Waals surface area (Å²) in [6.45, 7) is 2.55. The third-order valence-electron chi connectivity index (χ3n) is 4.14. The van der Waals surface area contributed by atoms with Crippen LogP contribution in [0.2, 0.25) is 5.02 Å². The second-order valence-electron chi connectivity index (χ2n) is 5.64. The van der Waals surface area contributed by atoms with Crippen LogP contribution >= 0.6 is 11.6 Å². The van der Waals surface area contributed by atoms with Gasteiger partial charge in [-0.1, -0.05) is 23.7 Å². The minimum absolute atomic E-state index is 0.127. The van der Waals surface area contributed by atoms with Crippen LogP contribution in [0.4, 0.5) is 5.82 Å². The average Bonchev–Trinajstić information content (AvgIpc) is 2.63. The normalized spacial score (nSPS) is 15.0. The highest BCUT2D eigenvalue weighted by molar-refractivity contribution is 6.30. The van der Waals surface area contributed by atoms with E-state index in [4.69, 9.17) is 16.3 Å². The molecule has 122 valence electrons. The third-order valence-corrected chi connectivity index (χ3v) is 4.39. The van der Waals surface area contributed by atoms with Crippen molar-refractivity contribution < 1.29 is 4.74 Å². The Hall–Kier alpha value is -2.37. The standard InChI is InChI=1S/C18H16ClN3O2/c19-13-5-7-14(8-6-13)22-16-4-2-1-3-15(16)20-17(18(22)23)21-9-11-24-12-10-21/h1-8H,9-12H2. The average molecular weight is 342 g/mol. The molecule has 1 aromatic heterocycles. The van der Waals surface area contributed by atoms with Gasteiger partial charge in [0.15, 0.2) is 5.82 Å². The molecular formula is C18H16ClN3O2. The molecular weight excluding hydrogens is 326 g/mol. The molecule has 2 heterocycles. The first-order valence-electron chi connectivity index (χ1n) is 7.84. The van der Waals surface area contributed by atoms with Crippen molar-refractivity contribution in [2.24, 2.45) is 0 Å². The highest BCUT2D eigenvalue weighted by Crippen LogP contribution is 2.20. The predicted octanol–water partition coefficient (Wildman–Crippen LogP) is 2.88. The van der Waals surface area contributed by atoms with Gasteiger partial charge in [0.25, 0.3) is 5.56 Å². The molecule has 6 heteroatoms. The number of hydrogen-bond acceptors (Lipinski definition) is 4. The zero-order valence-corrected chi connectivity index (χ0v) is 13.7. The van der Waals surface area contributed by atoms with Crippen LogP contribution in [0.1, 0.15) is 0 Å². The largest absolute Gasteiger partial charge is 0.378 e. The molecule has 1 fully saturated rings. The van der Waals surface area contributed by atoms with Crippen molar-refractivity contribution in [2.45, 2.75) is 0 Å². The van der Waals surface area contributed by atoms with Crippen LogP contribution in [-0.4, -0.2) is 35.9 Å². The quantitative estimate of drug-likeness (QED) is 0.719. The van der Waals surface area contributed by atoms with Gasteiger partial charge in [0, 0.05) is 23.8 Å². The first-order valence-corrected chi connectivity index (χ1v) is 8.22. The minimum Gasteiger partial charge on any atom is -0.378 e. The van der Waals surface area contributed by atoms with Crippen LogP contribution in [0.3, 0.4) is 0 Å². The molecule has 0 bridgehead atoms. The van der Waals surface area contributed by atoms with Gasteiger partial charge < -0.3 is 9.64 Å². The molecule has 0 unspecified atom stereocenters. The van der Waals surface area contributed by atoms with Gasteiger partial charge in [-0.05, 0) is 36.4 Å². The number of aromatic nitrogens is 2. The van der Waals surface area contributed by atoms with Gasteiger partial charge in [-0.25, -0.2) is 4.98 Å². The number of anilines is 1. The minimum atomic E-state index is -0.127. The monoisotopic (exact) mass is 341 g/mol. The lowest BCUT2D eigenvalue weighted by molar-refractivity contribution is 0.122. The maximum atomic E-state index is 13.2. The molecule has 5 nitrogen and oxygen atoms in total. The van der Waals surface area contributed by atoms with Crippen LogP contribution in [0, 0.1) is 0 Å². The summed E-state index contributed by atoms with van der Waals surface area (Å²) >= 11 is 5.99. The summed E-state index contributed by atoms with van der Waals surface area (Å²) in [7, 11) is 0. The van der Waals surface area contributed by atoms with Gasteiger partial charge in [-0.15, -0.1) is 0 Å². The van der Waals surface area contributed by atoms with Gasteiger partial charge in [-0.2, -0.15) is 0 Å². The highest BCUT2D eigenvalue weighted by atomic mass is 35.5. The molecule has 4 rings (SSSR count). The Morgan fingerprint density at radius 2 is 1.71 bits per heavy atom. The fourth-order valence-electron chi connectivity index (χ4n) is 2.95. The molecule has 2 aromatic carbocycles. The summed E-state index contributed by atoms with van der Waals surface area (Å²) in [6, 6.07) is 14.9. The van der Waals surface area contributed by atoms with Crippen molar-refractivity contribution in [1.29, 1.82) is 0 Å². The summed E-state index contributed by atoms with van der Waals surface area (Å²) in [5, 5.41) is 0.638. The van der Waals surface area contributed by atoms with Crippen LogP contribution in [0.5, 0.6) is 0 Å². The molecule has 0 aliphatic carbocycles. The van der Waals surface area contributed by atoms with Crippen molar-refractivity contribution in [2.75, 3.05) is 31.2 Å². The Bertz CT molecular complexity index is 931. The van der Waals surface area contributed by atoms with Gasteiger partial charge in [-0.3, -0.25) is 9.36 Å². The van der Waals surface area contributed by atoms with Gasteiger partial charge in [0.1, 0.15) is 0 Å². The van der Waals surface area contributed by atoms with Crippen molar-refractivity contribution in [3.05, 3.63) is 63.9 Å². The van der Waals surface area contributed by atoms with E-state index in [0.29, 0.717) is 37.1 Å². The number of nitrogens with zero attached hydrogens (tertiary/aromatic N) is 3. The van der Waals surface area contributed by atoms with E-state index in [0.717, 1.165) is 16.7 Å². The Kier molecular flexibility index (Phi) is 3.96. The number of ether oxygens (including phenoxy) is 1. The Balaban J connectivity index is 1.97. The SMILES string of the molecule is O=c1c(N2CCOCC2)nc2ccccc2n1-c1ccc(Cl)cc1. The number of benzene rings is 2. The zero-order chi connectivity index (χ0) is 16.5. The van der Waals surface area contributed by atoms with Gasteiger partial charge >= 0.3 is 0 Å². The summed E-state index contributed by atoms with van der Waals surface area (Å²) < 4.78 is 7.08. The number of rotatable bonds is 2. The summed E-state index contributed by atoms with van der Waals surface area (Å²) in [5.41, 5.74) is 2.21. The molecule has 0 spiro atoms. The van der Waals surface area contributed by atoms with Gasteiger partial charge in [0.2, 0.25) is 0 Å². The topological polar surface area (TPSA) is 47.4 Å². The van der Waals surface area contributed by atoms with E-state index in [9.17, 15) is 4.79 Å². The molecule has 1 saturated heterocycles. The molecule has 0 saturated carbocycles. The fraction of sp³-hybridized carbons (Fsp3) is 0.222. The van der Waals surface area contributed by atoms with Crippen molar-refractivity contribution in [3.63, 3.8) is 0 Å². The first kappa shape index (κ1) is 15.2. The van der Waals surface area contributed by atoms with Crippen molar-refractivity contribution in [1.82, 2.24) is 9.55 Å². The second kappa shape index (κ2) is 6.26. The molecule has 0 N–H and O–H groups in total. The molecule has 1 aliphatic rings. The van der Waals surface area contributed by atoms with Crippen LogP contribution in [-0.2, 0) is 4.74 Å². The molecule has 0 radical (unpaired) electrons. The smallest absolute Gasteiger partial charge is 0.298 e. The summed E-state index contributed by atoms with van der Waals surface area (Å²) in [5.74, 6) is 0.465. The third kappa shape index (κ3) is 2.66. The number of hydrogen-bond donors (Lipinski definition) is 0. The summed E-state index contributed by atoms with van der Waals surface area (Å²) in [4.78, 5) is 19.8. The maximum absolute atomic E-state index is 13.2. The van der Waals surface area contributed by atoms with Gasteiger partial charge in [0.05, 0.1) is 24.2 Å². The lowest BCUT2D eigenvalue weighted by Crippen LogP contribution is -2.41. The van der Waals surface area contributed by atoms with E-state index in [1.807, 2.05) is 41.3 Å².